The zero-order valence-electron chi connectivity index (χ0n) is 29.8. The number of benzene rings is 8. The normalized spacial score (nSPS) is 13.1. The summed E-state index contributed by atoms with van der Waals surface area (Å²) >= 11 is 0. The van der Waals surface area contributed by atoms with E-state index in [1.54, 1.807) is 0 Å². The monoisotopic (exact) mass is 691 g/mol. The van der Waals surface area contributed by atoms with Crippen LogP contribution in [-0.2, 0) is 5.41 Å². The molecule has 1 aliphatic rings. The van der Waals surface area contributed by atoms with E-state index >= 15 is 0 Å². The summed E-state index contributed by atoms with van der Waals surface area (Å²) in [6, 6.07) is 57.8. The average molecular weight is 692 g/mol. The Morgan fingerprint density at radius 2 is 1.04 bits per heavy atom. The summed E-state index contributed by atoms with van der Waals surface area (Å²) in [5.41, 5.74) is 11.8. The smallest absolute Gasteiger partial charge is 0.164 e. The molecule has 4 nitrogen and oxygen atoms in total. The zero-order valence-corrected chi connectivity index (χ0v) is 29.8. The van der Waals surface area contributed by atoms with E-state index < -0.39 is 0 Å². The van der Waals surface area contributed by atoms with Gasteiger partial charge in [0.25, 0.3) is 0 Å². The van der Waals surface area contributed by atoms with Crippen molar-refractivity contribution in [2.75, 3.05) is 0 Å². The lowest BCUT2D eigenvalue weighted by atomic mass is 9.82. The van der Waals surface area contributed by atoms with E-state index in [1.807, 2.05) is 12.1 Å². The van der Waals surface area contributed by atoms with Gasteiger partial charge in [0.15, 0.2) is 17.5 Å². The molecule has 0 saturated carbocycles. The Labute approximate surface area is 312 Å². The first kappa shape index (κ1) is 30.7. The predicted molar refractivity (Wildman–Crippen MR) is 221 cm³/mol. The van der Waals surface area contributed by atoms with Gasteiger partial charge in [-0.15, -0.1) is 0 Å². The van der Waals surface area contributed by atoms with E-state index in [-0.39, 0.29) is 5.41 Å². The number of furan rings is 1. The maximum absolute atomic E-state index is 6.55. The molecule has 10 aromatic rings. The van der Waals surface area contributed by atoms with Crippen LogP contribution in [0.2, 0.25) is 0 Å². The zero-order chi connectivity index (χ0) is 36.0. The fourth-order valence-corrected chi connectivity index (χ4v) is 8.66. The van der Waals surface area contributed by atoms with Crippen molar-refractivity contribution in [1.29, 1.82) is 0 Å². The lowest BCUT2D eigenvalue weighted by Crippen LogP contribution is -2.15. The fraction of sp³-hybridized carbons (Fsp3) is 0.0600. The molecule has 0 N–H and O–H groups in total. The summed E-state index contributed by atoms with van der Waals surface area (Å²) in [5, 5.41) is 6.78. The minimum absolute atomic E-state index is 0.153. The van der Waals surface area contributed by atoms with Crippen molar-refractivity contribution in [1.82, 2.24) is 15.0 Å². The van der Waals surface area contributed by atoms with Gasteiger partial charge in [0, 0.05) is 32.9 Å². The van der Waals surface area contributed by atoms with Crippen LogP contribution in [-0.4, -0.2) is 15.0 Å². The molecule has 1 aliphatic carbocycles. The minimum Gasteiger partial charge on any atom is -0.456 e. The first-order valence-electron chi connectivity index (χ1n) is 18.4. The van der Waals surface area contributed by atoms with Crippen molar-refractivity contribution in [3.8, 4) is 56.4 Å². The minimum atomic E-state index is -0.153. The molecule has 54 heavy (non-hydrogen) atoms. The summed E-state index contributed by atoms with van der Waals surface area (Å²) in [6.07, 6.45) is 0. The SMILES string of the molecule is CC1(C)c2ccccc2-c2ccc(-c3nc(-c4ccc5c(c4)oc4cccc(-c6ccccc6)c45)nc(-c4cc5ccccc5c5ccccc45)n3)cc21. The predicted octanol–water partition coefficient (Wildman–Crippen LogP) is 13.1. The summed E-state index contributed by atoms with van der Waals surface area (Å²) in [5.74, 6) is 1.87. The van der Waals surface area contributed by atoms with Crippen molar-refractivity contribution in [2.24, 2.45) is 0 Å². The maximum Gasteiger partial charge on any atom is 0.164 e. The lowest BCUT2D eigenvalue weighted by Gasteiger charge is -2.21. The van der Waals surface area contributed by atoms with Gasteiger partial charge < -0.3 is 4.42 Å². The standard InChI is InChI=1S/C50H33N3O/c1-50(2)42-21-11-10-19-38(42)39-25-23-32(28-43(39)50)47-51-48(53-49(52-47)41-27-31-15-6-7-16-34(31)36-17-8-9-18-37(36)41)33-24-26-40-45(29-33)54-44-22-12-20-35(46(40)44)30-13-4-3-5-14-30/h3-29H,1-2H3. The molecule has 0 radical (unpaired) electrons. The highest BCUT2D eigenvalue weighted by Crippen LogP contribution is 2.49. The van der Waals surface area contributed by atoms with E-state index in [0.717, 1.165) is 60.5 Å². The maximum atomic E-state index is 6.55. The van der Waals surface area contributed by atoms with Crippen molar-refractivity contribution >= 4 is 43.5 Å². The third kappa shape index (κ3) is 4.60. The van der Waals surface area contributed by atoms with Gasteiger partial charge in [0.05, 0.1) is 0 Å². The second-order valence-electron chi connectivity index (χ2n) is 14.8. The van der Waals surface area contributed by atoms with Gasteiger partial charge in [-0.1, -0.05) is 147 Å². The Bertz CT molecular complexity index is 3140. The largest absolute Gasteiger partial charge is 0.456 e. The number of rotatable bonds is 4. The number of hydrogen-bond donors (Lipinski definition) is 0. The average Bonchev–Trinajstić information content (AvgIpc) is 3.72. The summed E-state index contributed by atoms with van der Waals surface area (Å²) in [4.78, 5) is 15.8. The summed E-state index contributed by atoms with van der Waals surface area (Å²) < 4.78 is 6.55. The second kappa shape index (κ2) is 11.5. The number of hydrogen-bond acceptors (Lipinski definition) is 4. The molecule has 8 aromatic carbocycles. The van der Waals surface area contributed by atoms with E-state index in [2.05, 4.69) is 166 Å². The molecule has 0 unspecified atom stereocenters. The van der Waals surface area contributed by atoms with Crippen LogP contribution < -0.4 is 0 Å². The molecule has 4 heteroatoms. The molecular formula is C50H33N3O. The summed E-state index contributed by atoms with van der Waals surface area (Å²) in [7, 11) is 0. The topological polar surface area (TPSA) is 51.8 Å². The highest BCUT2D eigenvalue weighted by molar-refractivity contribution is 6.14. The molecule has 0 bridgehead atoms. The Hall–Kier alpha value is -6.91. The van der Waals surface area contributed by atoms with Crippen LogP contribution in [0.5, 0.6) is 0 Å². The van der Waals surface area contributed by atoms with Crippen LogP contribution >= 0.6 is 0 Å². The Kier molecular flexibility index (Phi) is 6.56. The van der Waals surface area contributed by atoms with Crippen LogP contribution in [0.4, 0.5) is 0 Å². The molecule has 11 rings (SSSR count). The number of nitrogens with zero attached hydrogens (tertiary/aromatic N) is 3. The first-order chi connectivity index (χ1) is 26.5. The molecule has 0 saturated heterocycles. The third-order valence-electron chi connectivity index (χ3n) is 11.3. The quantitative estimate of drug-likeness (QED) is 0.172. The van der Waals surface area contributed by atoms with Gasteiger partial charge >= 0.3 is 0 Å². The van der Waals surface area contributed by atoms with Crippen LogP contribution in [0, 0.1) is 0 Å². The molecule has 0 aliphatic heterocycles. The van der Waals surface area contributed by atoms with E-state index in [1.165, 1.54) is 33.0 Å². The van der Waals surface area contributed by atoms with Crippen molar-refractivity contribution < 1.29 is 4.42 Å². The number of fused-ring (bicyclic) bond motifs is 9. The van der Waals surface area contributed by atoms with Crippen LogP contribution in [0.15, 0.2) is 168 Å². The lowest BCUT2D eigenvalue weighted by molar-refractivity contribution is 0.660. The van der Waals surface area contributed by atoms with Crippen LogP contribution in [0.1, 0.15) is 25.0 Å². The van der Waals surface area contributed by atoms with Crippen molar-refractivity contribution in [3.05, 3.63) is 175 Å². The van der Waals surface area contributed by atoms with Crippen LogP contribution in [0.3, 0.4) is 0 Å². The number of aromatic nitrogens is 3. The Morgan fingerprint density at radius 3 is 1.89 bits per heavy atom. The van der Waals surface area contributed by atoms with Gasteiger partial charge in [-0.2, -0.15) is 0 Å². The molecule has 2 heterocycles. The van der Waals surface area contributed by atoms with Crippen molar-refractivity contribution in [2.45, 2.75) is 19.3 Å². The highest BCUT2D eigenvalue weighted by Gasteiger charge is 2.35. The van der Waals surface area contributed by atoms with E-state index in [0.29, 0.717) is 17.5 Å². The van der Waals surface area contributed by atoms with Gasteiger partial charge in [-0.05, 0) is 85.3 Å². The summed E-state index contributed by atoms with van der Waals surface area (Å²) in [6.45, 7) is 4.61. The van der Waals surface area contributed by atoms with Gasteiger partial charge in [-0.3, -0.25) is 0 Å². The molecule has 0 fully saturated rings. The van der Waals surface area contributed by atoms with E-state index in [4.69, 9.17) is 19.4 Å². The first-order valence-corrected chi connectivity index (χ1v) is 18.4. The molecule has 2 aromatic heterocycles. The van der Waals surface area contributed by atoms with E-state index in [9.17, 15) is 0 Å². The second-order valence-corrected chi connectivity index (χ2v) is 14.8. The third-order valence-corrected chi connectivity index (χ3v) is 11.3. The van der Waals surface area contributed by atoms with Gasteiger partial charge in [-0.25, -0.2) is 15.0 Å². The molecule has 0 spiro atoms. The Morgan fingerprint density at radius 1 is 0.389 bits per heavy atom. The highest BCUT2D eigenvalue weighted by atomic mass is 16.3. The van der Waals surface area contributed by atoms with Gasteiger partial charge in [0.2, 0.25) is 0 Å². The Balaban J connectivity index is 1.14. The molecule has 0 atom stereocenters. The molecular weight excluding hydrogens is 659 g/mol. The molecule has 0 amide bonds. The molecule has 254 valence electrons. The van der Waals surface area contributed by atoms with Crippen molar-refractivity contribution in [3.63, 3.8) is 0 Å². The fourth-order valence-electron chi connectivity index (χ4n) is 8.66. The van der Waals surface area contributed by atoms with Crippen LogP contribution in [0.25, 0.3) is 99.9 Å². The van der Waals surface area contributed by atoms with Gasteiger partial charge in [0.1, 0.15) is 11.2 Å².